The number of pyridine rings is 1. The molecule has 12 rings (SSSR count). The van der Waals surface area contributed by atoms with Gasteiger partial charge in [-0.2, -0.15) is 0 Å². The molecule has 0 unspecified atom stereocenters. The molecule has 3 aromatic heterocycles. The van der Waals surface area contributed by atoms with Gasteiger partial charge in [-0.15, -0.1) is 0 Å². The molecule has 294 valence electrons. The van der Waals surface area contributed by atoms with Crippen LogP contribution in [0.4, 0.5) is 0 Å². The quantitative estimate of drug-likeness (QED) is 0.151. The highest BCUT2D eigenvalue weighted by molar-refractivity contribution is 6.23. The van der Waals surface area contributed by atoms with E-state index >= 15 is 0 Å². The van der Waals surface area contributed by atoms with Gasteiger partial charge in [0.05, 0.1) is 22.2 Å². The summed E-state index contributed by atoms with van der Waals surface area (Å²) in [6.07, 6.45) is 0. The van der Waals surface area contributed by atoms with Crippen LogP contribution in [-0.4, -0.2) is 24.5 Å². The molecule has 0 saturated heterocycles. The Morgan fingerprint density at radius 2 is 0.794 bits per heavy atom. The fourth-order valence-corrected chi connectivity index (χ4v) is 9.06. The monoisotopic (exact) mass is 803 g/mol. The highest BCUT2D eigenvalue weighted by Gasteiger charge is 2.20. The van der Waals surface area contributed by atoms with Gasteiger partial charge in [0.15, 0.2) is 17.5 Å². The first kappa shape index (κ1) is 36.3. The first-order valence-electron chi connectivity index (χ1n) is 21.2. The fraction of sp³-hybridized carbons (Fsp3) is 0. The molecular weight excluding hydrogens is 767 g/mol. The van der Waals surface area contributed by atoms with Gasteiger partial charge in [0.1, 0.15) is 0 Å². The second kappa shape index (κ2) is 15.2. The maximum atomic E-state index is 5.28. The third-order valence-corrected chi connectivity index (χ3v) is 12.0. The minimum atomic E-state index is 0.629. The van der Waals surface area contributed by atoms with Crippen molar-refractivity contribution < 1.29 is 0 Å². The van der Waals surface area contributed by atoms with Crippen LogP contribution in [0, 0.1) is 0 Å². The zero-order chi connectivity index (χ0) is 41.7. The topological polar surface area (TPSA) is 56.5 Å². The molecule has 0 radical (unpaired) electrons. The van der Waals surface area contributed by atoms with Crippen molar-refractivity contribution in [2.24, 2.45) is 0 Å². The van der Waals surface area contributed by atoms with Crippen molar-refractivity contribution >= 4 is 43.5 Å². The molecule has 0 bridgehead atoms. The maximum absolute atomic E-state index is 5.28. The van der Waals surface area contributed by atoms with E-state index in [9.17, 15) is 0 Å². The van der Waals surface area contributed by atoms with Gasteiger partial charge in [-0.25, -0.2) is 19.9 Å². The van der Waals surface area contributed by atoms with E-state index < -0.39 is 0 Å². The van der Waals surface area contributed by atoms with E-state index in [4.69, 9.17) is 19.9 Å². The lowest BCUT2D eigenvalue weighted by molar-refractivity contribution is 1.07. The third-order valence-electron chi connectivity index (χ3n) is 12.0. The Bertz CT molecular complexity index is 3600. The standard InChI is InChI=1S/C58H37N5/c1-5-18-38(19-6-1)55-49-37-53-50(36-48(49)47-30-13-14-32-51(47)59-55)54-46(31-17-33-52(54)63(53)45-28-11-4-12-29-45)43-26-15-24-41(34-43)42-25-16-27-44(35-42)58-61-56(39-20-7-2-8-21-39)60-57(62-58)40-22-9-3-10-23-40/h1-37H. The highest BCUT2D eigenvalue weighted by Crippen LogP contribution is 2.43. The summed E-state index contributed by atoms with van der Waals surface area (Å²) < 4.78 is 2.41. The van der Waals surface area contributed by atoms with E-state index in [1.165, 1.54) is 21.7 Å². The Morgan fingerprint density at radius 3 is 1.46 bits per heavy atom. The van der Waals surface area contributed by atoms with E-state index in [2.05, 4.69) is 168 Å². The Morgan fingerprint density at radius 1 is 0.286 bits per heavy atom. The molecular formula is C58H37N5. The first-order chi connectivity index (χ1) is 31.2. The van der Waals surface area contributed by atoms with Crippen LogP contribution in [-0.2, 0) is 0 Å². The first-order valence-corrected chi connectivity index (χ1v) is 21.2. The predicted molar refractivity (Wildman–Crippen MR) is 260 cm³/mol. The maximum Gasteiger partial charge on any atom is 0.164 e. The van der Waals surface area contributed by atoms with E-state index in [1.807, 2.05) is 60.7 Å². The Labute approximate surface area is 364 Å². The Kier molecular flexibility index (Phi) is 8.75. The van der Waals surface area contributed by atoms with Crippen molar-refractivity contribution in [3.05, 3.63) is 224 Å². The summed E-state index contributed by atoms with van der Waals surface area (Å²) in [5.41, 5.74) is 13.8. The number of hydrogen-bond donors (Lipinski definition) is 0. The summed E-state index contributed by atoms with van der Waals surface area (Å²) in [4.78, 5) is 20.2. The lowest BCUT2D eigenvalue weighted by atomic mass is 9.94. The van der Waals surface area contributed by atoms with Crippen LogP contribution in [0.25, 0.3) is 117 Å². The normalized spacial score (nSPS) is 11.5. The van der Waals surface area contributed by atoms with Crippen molar-refractivity contribution in [1.29, 1.82) is 0 Å². The van der Waals surface area contributed by atoms with E-state index in [0.717, 1.165) is 77.6 Å². The number of fused-ring (bicyclic) bond motifs is 6. The van der Waals surface area contributed by atoms with Crippen LogP contribution in [0.3, 0.4) is 0 Å². The highest BCUT2D eigenvalue weighted by atomic mass is 15.0. The molecule has 0 saturated carbocycles. The minimum absolute atomic E-state index is 0.629. The van der Waals surface area contributed by atoms with Gasteiger partial charge in [0, 0.05) is 49.5 Å². The van der Waals surface area contributed by atoms with E-state index in [-0.39, 0.29) is 0 Å². The molecule has 0 aliphatic carbocycles. The van der Waals surface area contributed by atoms with Crippen molar-refractivity contribution in [3.63, 3.8) is 0 Å². The van der Waals surface area contributed by atoms with Crippen molar-refractivity contribution in [3.8, 4) is 73.4 Å². The zero-order valence-electron chi connectivity index (χ0n) is 34.1. The smallest absolute Gasteiger partial charge is 0.164 e. The van der Waals surface area contributed by atoms with E-state index in [1.54, 1.807) is 0 Å². The largest absolute Gasteiger partial charge is 0.309 e. The molecule has 0 amide bonds. The van der Waals surface area contributed by atoms with Crippen LogP contribution in [0.2, 0.25) is 0 Å². The number of rotatable bonds is 7. The van der Waals surface area contributed by atoms with Gasteiger partial charge in [-0.3, -0.25) is 0 Å². The van der Waals surface area contributed by atoms with Gasteiger partial charge in [0.25, 0.3) is 0 Å². The average molecular weight is 804 g/mol. The Balaban J connectivity index is 1.04. The third kappa shape index (κ3) is 6.42. The number of nitrogens with zero attached hydrogens (tertiary/aromatic N) is 5. The van der Waals surface area contributed by atoms with Crippen molar-refractivity contribution in [1.82, 2.24) is 24.5 Å². The summed E-state index contributed by atoms with van der Waals surface area (Å²) in [5, 5.41) is 5.85. The predicted octanol–water partition coefficient (Wildman–Crippen LogP) is 14.7. The summed E-state index contributed by atoms with van der Waals surface area (Å²) in [6, 6.07) is 78.8. The van der Waals surface area contributed by atoms with Crippen LogP contribution < -0.4 is 0 Å². The molecule has 0 fully saturated rings. The minimum Gasteiger partial charge on any atom is -0.309 e. The van der Waals surface area contributed by atoms with Crippen LogP contribution in [0.1, 0.15) is 0 Å². The summed E-state index contributed by atoms with van der Waals surface area (Å²) in [7, 11) is 0. The molecule has 63 heavy (non-hydrogen) atoms. The van der Waals surface area contributed by atoms with Crippen molar-refractivity contribution in [2.75, 3.05) is 0 Å². The van der Waals surface area contributed by atoms with Gasteiger partial charge in [-0.1, -0.05) is 176 Å². The lowest BCUT2D eigenvalue weighted by Gasteiger charge is -2.12. The number of benzene rings is 9. The summed E-state index contributed by atoms with van der Waals surface area (Å²) in [6.45, 7) is 0. The molecule has 0 aliphatic rings. The van der Waals surface area contributed by atoms with Crippen LogP contribution in [0.5, 0.6) is 0 Å². The molecule has 0 spiro atoms. The number of hydrogen-bond acceptors (Lipinski definition) is 4. The van der Waals surface area contributed by atoms with Gasteiger partial charge in [-0.05, 0) is 76.2 Å². The molecule has 0 atom stereocenters. The van der Waals surface area contributed by atoms with Gasteiger partial charge in [0.2, 0.25) is 0 Å². The van der Waals surface area contributed by atoms with Crippen LogP contribution in [0.15, 0.2) is 224 Å². The molecule has 9 aromatic carbocycles. The second-order valence-electron chi connectivity index (χ2n) is 15.8. The molecule has 0 aliphatic heterocycles. The zero-order valence-corrected chi connectivity index (χ0v) is 34.1. The fourth-order valence-electron chi connectivity index (χ4n) is 9.06. The van der Waals surface area contributed by atoms with Crippen LogP contribution >= 0.6 is 0 Å². The average Bonchev–Trinajstić information content (AvgIpc) is 3.70. The van der Waals surface area contributed by atoms with Gasteiger partial charge < -0.3 is 4.57 Å². The molecule has 5 heteroatoms. The lowest BCUT2D eigenvalue weighted by Crippen LogP contribution is -2.00. The SMILES string of the molecule is c1ccc(-c2nc(-c3ccccc3)nc(-c3cccc(-c4cccc(-c5cccc6c5c5cc7c(cc5n6-c5ccccc5)c(-c5ccccc5)nc5ccccc57)c4)c3)n2)cc1. The molecule has 3 heterocycles. The molecule has 5 nitrogen and oxygen atoms in total. The molecule has 0 N–H and O–H groups in total. The number of aromatic nitrogens is 5. The Hall–Kier alpha value is -8.54. The number of para-hydroxylation sites is 2. The summed E-state index contributed by atoms with van der Waals surface area (Å²) in [5.74, 6) is 1.91. The summed E-state index contributed by atoms with van der Waals surface area (Å²) >= 11 is 0. The second-order valence-corrected chi connectivity index (χ2v) is 15.8. The van der Waals surface area contributed by atoms with Gasteiger partial charge >= 0.3 is 0 Å². The van der Waals surface area contributed by atoms with Crippen molar-refractivity contribution in [2.45, 2.75) is 0 Å². The molecule has 12 aromatic rings. The van der Waals surface area contributed by atoms with E-state index in [0.29, 0.717) is 17.5 Å².